The van der Waals surface area contributed by atoms with Crippen LogP contribution in [0.25, 0.3) is 0 Å². The van der Waals surface area contributed by atoms with Crippen LogP contribution >= 0.6 is 8.69 Å². The summed E-state index contributed by atoms with van der Waals surface area (Å²) in [6, 6.07) is 0. The van der Waals surface area contributed by atoms with Crippen molar-refractivity contribution in [2.45, 2.75) is 65.4 Å². The molecule has 2 atom stereocenters. The van der Waals surface area contributed by atoms with Gasteiger partial charge in [0.25, 0.3) is 0 Å². The lowest BCUT2D eigenvalue weighted by Gasteiger charge is -2.37. The van der Waals surface area contributed by atoms with Crippen LogP contribution in [0.15, 0.2) is 0 Å². The molecule has 0 aromatic carbocycles. The van der Waals surface area contributed by atoms with Gasteiger partial charge in [-0.15, -0.1) is 0 Å². The van der Waals surface area contributed by atoms with Crippen LogP contribution < -0.4 is 0 Å². The average molecular weight is 220 g/mol. The Morgan fingerprint density at radius 2 is 1.79 bits per heavy atom. The normalized spacial score (nSPS) is 15.1. The van der Waals surface area contributed by atoms with Crippen molar-refractivity contribution in [3.05, 3.63) is 0 Å². The molecule has 14 heavy (non-hydrogen) atoms. The highest BCUT2D eigenvalue weighted by molar-refractivity contribution is 7.17. The molecule has 0 aliphatic heterocycles. The Kier molecular flexibility index (Phi) is 7.58. The summed E-state index contributed by atoms with van der Waals surface area (Å²) < 4.78 is 16.3. The van der Waals surface area contributed by atoms with Crippen LogP contribution in [0.4, 0.5) is 0 Å². The molecule has 0 saturated carbocycles. The summed E-state index contributed by atoms with van der Waals surface area (Å²) in [5, 5.41) is 0. The van der Waals surface area contributed by atoms with Gasteiger partial charge in [0.15, 0.2) is 8.69 Å². The quantitative estimate of drug-likeness (QED) is 0.576. The lowest BCUT2D eigenvalue weighted by molar-refractivity contribution is 0.00547. The molecular formula is C11H25O2P. The van der Waals surface area contributed by atoms with Crippen molar-refractivity contribution in [1.29, 1.82) is 0 Å². The average Bonchev–Trinajstić information content (AvgIpc) is 2.23. The van der Waals surface area contributed by atoms with Crippen molar-refractivity contribution in [3.63, 3.8) is 0 Å². The van der Waals surface area contributed by atoms with E-state index in [1.54, 1.807) is 0 Å². The molecule has 0 aliphatic carbocycles. The van der Waals surface area contributed by atoms with E-state index < -0.39 is 8.69 Å². The van der Waals surface area contributed by atoms with Gasteiger partial charge in [-0.25, -0.2) is 0 Å². The van der Waals surface area contributed by atoms with Gasteiger partial charge in [-0.3, -0.25) is 4.57 Å². The molecule has 0 rings (SSSR count). The van der Waals surface area contributed by atoms with E-state index in [9.17, 15) is 4.57 Å². The lowest BCUT2D eigenvalue weighted by atomic mass is 9.79. The third kappa shape index (κ3) is 3.40. The molecule has 0 amide bonds. The molecule has 2 nitrogen and oxygen atoms in total. The topological polar surface area (TPSA) is 26.3 Å². The van der Waals surface area contributed by atoms with Crippen LogP contribution in [0.3, 0.4) is 0 Å². The molecule has 2 unspecified atom stereocenters. The second kappa shape index (κ2) is 7.48. The summed E-state index contributed by atoms with van der Waals surface area (Å²) >= 11 is 0. The first-order valence-corrected chi connectivity index (χ1v) is 6.76. The van der Waals surface area contributed by atoms with Gasteiger partial charge in [-0.2, -0.15) is 0 Å². The van der Waals surface area contributed by atoms with Gasteiger partial charge >= 0.3 is 0 Å². The molecule has 0 heterocycles. The minimum absolute atomic E-state index is 0.123. The van der Waals surface area contributed by atoms with E-state index in [1.165, 1.54) is 12.8 Å². The van der Waals surface area contributed by atoms with Crippen LogP contribution in [0.5, 0.6) is 0 Å². The van der Waals surface area contributed by atoms with Crippen molar-refractivity contribution in [2.24, 2.45) is 5.92 Å². The van der Waals surface area contributed by atoms with Crippen molar-refractivity contribution in [1.82, 2.24) is 0 Å². The second-order valence-electron chi connectivity index (χ2n) is 3.88. The van der Waals surface area contributed by atoms with E-state index >= 15 is 0 Å². The first-order valence-electron chi connectivity index (χ1n) is 5.82. The number of rotatable bonds is 8. The Bertz CT molecular complexity index is 155. The fourth-order valence-electron chi connectivity index (χ4n) is 2.37. The fraction of sp³-hybridized carbons (Fsp3) is 1.00. The zero-order chi connectivity index (χ0) is 11.0. The number of hydrogen-bond donors (Lipinski definition) is 0. The third-order valence-electron chi connectivity index (χ3n) is 3.35. The monoisotopic (exact) mass is 220 g/mol. The van der Waals surface area contributed by atoms with Crippen LogP contribution in [0.1, 0.15) is 59.8 Å². The summed E-state index contributed by atoms with van der Waals surface area (Å²) in [7, 11) is -1.08. The van der Waals surface area contributed by atoms with E-state index in [0.29, 0.717) is 5.92 Å². The minimum atomic E-state index is -1.08. The van der Waals surface area contributed by atoms with Gasteiger partial charge in [-0.1, -0.05) is 40.5 Å². The van der Waals surface area contributed by atoms with Crippen LogP contribution in [-0.2, 0) is 9.09 Å². The van der Waals surface area contributed by atoms with Crippen molar-refractivity contribution < 1.29 is 9.09 Å². The molecule has 0 N–H and O–H groups in total. The standard InChI is InChI=1S/C11H25O2P/c1-5-9-10(6-2)11(7-3,8-4)13-14-12/h10H,5-9,14H2,1-4H3. The summed E-state index contributed by atoms with van der Waals surface area (Å²) in [6.07, 6.45) is 5.42. The molecule has 0 aliphatic rings. The van der Waals surface area contributed by atoms with Gasteiger partial charge in [-0.05, 0) is 25.2 Å². The van der Waals surface area contributed by atoms with E-state index in [1.807, 2.05) is 0 Å². The molecule has 0 bridgehead atoms. The number of hydrogen-bond acceptors (Lipinski definition) is 2. The zero-order valence-electron chi connectivity index (χ0n) is 10.0. The first-order chi connectivity index (χ1) is 6.70. The zero-order valence-corrected chi connectivity index (χ0v) is 11.2. The van der Waals surface area contributed by atoms with Gasteiger partial charge in [0.05, 0.1) is 5.60 Å². The van der Waals surface area contributed by atoms with Crippen LogP contribution in [0.2, 0.25) is 0 Å². The highest BCUT2D eigenvalue weighted by atomic mass is 31.1. The summed E-state index contributed by atoms with van der Waals surface area (Å²) in [4.78, 5) is 0. The van der Waals surface area contributed by atoms with Gasteiger partial charge in [0.1, 0.15) is 0 Å². The molecule has 0 aromatic rings. The van der Waals surface area contributed by atoms with Crippen molar-refractivity contribution in [2.75, 3.05) is 0 Å². The highest BCUT2D eigenvalue weighted by Gasteiger charge is 2.34. The molecule has 0 radical (unpaired) electrons. The Balaban J connectivity index is 4.62. The summed E-state index contributed by atoms with van der Waals surface area (Å²) in [5.74, 6) is 0.559. The predicted octanol–water partition coefficient (Wildman–Crippen LogP) is 4.06. The van der Waals surface area contributed by atoms with E-state index in [-0.39, 0.29) is 5.60 Å². The second-order valence-corrected chi connectivity index (χ2v) is 4.31. The third-order valence-corrected chi connectivity index (χ3v) is 3.92. The Hall–Kier alpha value is 0.190. The van der Waals surface area contributed by atoms with Crippen LogP contribution in [-0.4, -0.2) is 5.60 Å². The van der Waals surface area contributed by atoms with E-state index in [0.717, 1.165) is 19.3 Å². The maximum absolute atomic E-state index is 10.7. The minimum Gasteiger partial charge on any atom is -0.326 e. The Morgan fingerprint density at radius 1 is 1.21 bits per heavy atom. The SMILES string of the molecule is CCCC(CC)C(CC)(CC)O[PH2]=O. The fourth-order valence-corrected chi connectivity index (χ4v) is 3.09. The van der Waals surface area contributed by atoms with Crippen molar-refractivity contribution >= 4 is 8.69 Å². The molecule has 0 spiro atoms. The van der Waals surface area contributed by atoms with Gasteiger partial charge in [0, 0.05) is 0 Å². The molecule has 3 heteroatoms. The molecule has 0 aromatic heterocycles. The maximum atomic E-state index is 10.7. The van der Waals surface area contributed by atoms with E-state index in [2.05, 4.69) is 27.7 Å². The molecular weight excluding hydrogens is 195 g/mol. The lowest BCUT2D eigenvalue weighted by Crippen LogP contribution is -2.37. The molecule has 86 valence electrons. The largest absolute Gasteiger partial charge is 0.326 e. The Labute approximate surface area is 89.7 Å². The molecule has 0 saturated heterocycles. The summed E-state index contributed by atoms with van der Waals surface area (Å²) in [6.45, 7) is 8.67. The predicted molar refractivity (Wildman–Crippen MR) is 63.5 cm³/mol. The van der Waals surface area contributed by atoms with Crippen molar-refractivity contribution in [3.8, 4) is 0 Å². The van der Waals surface area contributed by atoms with Gasteiger partial charge < -0.3 is 4.52 Å². The Morgan fingerprint density at radius 3 is 2.07 bits per heavy atom. The highest BCUT2D eigenvalue weighted by Crippen LogP contribution is 2.37. The van der Waals surface area contributed by atoms with Gasteiger partial charge in [0.2, 0.25) is 0 Å². The molecule has 0 fully saturated rings. The smallest absolute Gasteiger partial charge is 0.180 e. The van der Waals surface area contributed by atoms with E-state index in [4.69, 9.17) is 4.52 Å². The summed E-state index contributed by atoms with van der Waals surface area (Å²) in [5.41, 5.74) is -0.123. The first kappa shape index (κ1) is 14.2. The van der Waals surface area contributed by atoms with Crippen LogP contribution in [0, 0.1) is 5.92 Å². The maximum Gasteiger partial charge on any atom is 0.180 e.